The molecule has 0 aliphatic rings. The molecule has 11 nitrogen and oxygen atoms in total. The van der Waals surface area contributed by atoms with Crippen molar-refractivity contribution in [3.8, 4) is 0 Å². The van der Waals surface area contributed by atoms with Gasteiger partial charge in [-0.25, -0.2) is 0 Å². The third kappa shape index (κ3) is 9.30. The van der Waals surface area contributed by atoms with E-state index in [1.165, 1.54) is 20.3 Å². The molecule has 35 heavy (non-hydrogen) atoms. The molecule has 3 N–H and O–H groups in total. The number of nitrogens with one attached hydrogen (secondary N) is 3. The molecule has 11 heteroatoms. The number of hydrogen-bond donors (Lipinski definition) is 3. The molecule has 0 saturated carbocycles. The number of ether oxygens (including phenoxy) is 2. The SMILES string of the molecule is COCCC(=O)C(Cc1cccc(C)c1)NC(=O)CNC(=O)C(COC)NC(=O)c1cc(C)on1. The summed E-state index contributed by atoms with van der Waals surface area (Å²) >= 11 is 0. The van der Waals surface area contributed by atoms with E-state index >= 15 is 0 Å². The Morgan fingerprint density at radius 2 is 1.80 bits per heavy atom. The smallest absolute Gasteiger partial charge is 0.274 e. The van der Waals surface area contributed by atoms with Gasteiger partial charge in [-0.15, -0.1) is 0 Å². The van der Waals surface area contributed by atoms with Gasteiger partial charge in [0.2, 0.25) is 11.8 Å². The van der Waals surface area contributed by atoms with Crippen molar-refractivity contribution in [1.82, 2.24) is 21.1 Å². The number of aromatic nitrogens is 1. The molecule has 0 aliphatic carbocycles. The van der Waals surface area contributed by atoms with Gasteiger partial charge < -0.3 is 29.9 Å². The lowest BCUT2D eigenvalue weighted by Crippen LogP contribution is -2.52. The lowest BCUT2D eigenvalue weighted by Gasteiger charge is -2.20. The summed E-state index contributed by atoms with van der Waals surface area (Å²) in [5, 5.41) is 11.3. The number of rotatable bonds is 14. The number of ketones is 1. The molecule has 0 spiro atoms. The van der Waals surface area contributed by atoms with Crippen molar-refractivity contribution in [3.63, 3.8) is 0 Å². The Kier molecular flexibility index (Phi) is 11.0. The van der Waals surface area contributed by atoms with Crippen molar-refractivity contribution in [2.24, 2.45) is 0 Å². The van der Waals surface area contributed by atoms with E-state index in [0.29, 0.717) is 12.2 Å². The Bertz CT molecular complexity index is 1020. The first-order valence-electron chi connectivity index (χ1n) is 11.1. The number of nitrogens with zero attached hydrogens (tertiary/aromatic N) is 1. The molecular weight excluding hydrogens is 456 g/mol. The van der Waals surface area contributed by atoms with Gasteiger partial charge in [0.25, 0.3) is 5.91 Å². The van der Waals surface area contributed by atoms with Crippen LogP contribution in [0.1, 0.15) is 33.8 Å². The van der Waals surface area contributed by atoms with E-state index in [4.69, 9.17) is 14.0 Å². The van der Waals surface area contributed by atoms with Gasteiger partial charge in [-0.2, -0.15) is 0 Å². The number of amides is 3. The fraction of sp³-hybridized carbons (Fsp3) is 0.458. The molecule has 2 unspecified atom stereocenters. The van der Waals surface area contributed by atoms with Crippen molar-refractivity contribution in [1.29, 1.82) is 0 Å². The molecule has 0 aliphatic heterocycles. The van der Waals surface area contributed by atoms with Crippen LogP contribution in [0.15, 0.2) is 34.9 Å². The van der Waals surface area contributed by atoms with Gasteiger partial charge in [-0.05, 0) is 25.8 Å². The standard InChI is InChI=1S/C24H32N4O7/c1-15-6-5-7-17(10-15)12-18(21(29)8-9-33-3)26-22(30)13-25-23(31)20(14-34-4)27-24(32)19-11-16(2)35-28-19/h5-7,10-11,18,20H,8-9,12-14H2,1-4H3,(H,25,31)(H,26,30)(H,27,32). The first-order chi connectivity index (χ1) is 16.7. The molecule has 1 heterocycles. The molecule has 0 saturated heterocycles. The molecule has 0 bridgehead atoms. The van der Waals surface area contributed by atoms with Crippen LogP contribution in [0, 0.1) is 13.8 Å². The van der Waals surface area contributed by atoms with E-state index in [1.54, 1.807) is 6.92 Å². The summed E-state index contributed by atoms with van der Waals surface area (Å²) < 4.78 is 14.9. The van der Waals surface area contributed by atoms with Crippen molar-refractivity contribution >= 4 is 23.5 Å². The number of carbonyl (C=O) groups excluding carboxylic acids is 4. The van der Waals surface area contributed by atoms with E-state index in [0.717, 1.165) is 11.1 Å². The lowest BCUT2D eigenvalue weighted by molar-refractivity contribution is -0.130. The number of methoxy groups -OCH3 is 2. The molecule has 0 radical (unpaired) electrons. The van der Waals surface area contributed by atoms with E-state index in [1.807, 2.05) is 31.2 Å². The molecule has 1 aromatic heterocycles. The zero-order valence-electron chi connectivity index (χ0n) is 20.4. The first kappa shape index (κ1) is 27.7. The Labute approximate surface area is 203 Å². The highest BCUT2D eigenvalue weighted by atomic mass is 16.5. The molecule has 190 valence electrons. The minimum absolute atomic E-state index is 0.0164. The van der Waals surface area contributed by atoms with Gasteiger partial charge in [0, 0.05) is 26.7 Å². The monoisotopic (exact) mass is 488 g/mol. The van der Waals surface area contributed by atoms with Gasteiger partial charge in [-0.3, -0.25) is 19.2 Å². The Morgan fingerprint density at radius 1 is 1.03 bits per heavy atom. The summed E-state index contributed by atoms with van der Waals surface area (Å²) in [6, 6.07) is 7.24. The van der Waals surface area contributed by atoms with E-state index in [2.05, 4.69) is 21.1 Å². The van der Waals surface area contributed by atoms with Crippen LogP contribution in [0.2, 0.25) is 0 Å². The fourth-order valence-corrected chi connectivity index (χ4v) is 3.29. The average Bonchev–Trinajstić information content (AvgIpc) is 3.26. The van der Waals surface area contributed by atoms with Crippen molar-refractivity contribution in [2.45, 2.75) is 38.8 Å². The van der Waals surface area contributed by atoms with Crippen LogP contribution < -0.4 is 16.0 Å². The van der Waals surface area contributed by atoms with Gasteiger partial charge >= 0.3 is 0 Å². The minimum Gasteiger partial charge on any atom is -0.384 e. The number of carbonyl (C=O) groups is 4. The zero-order chi connectivity index (χ0) is 25.8. The topological polar surface area (TPSA) is 149 Å². The van der Waals surface area contributed by atoms with Crippen LogP contribution in [-0.2, 0) is 30.3 Å². The van der Waals surface area contributed by atoms with Crippen molar-refractivity contribution < 1.29 is 33.2 Å². The first-order valence-corrected chi connectivity index (χ1v) is 11.1. The second-order valence-corrected chi connectivity index (χ2v) is 8.04. The number of hydrogen-bond acceptors (Lipinski definition) is 8. The van der Waals surface area contributed by atoms with Gasteiger partial charge in [-0.1, -0.05) is 35.0 Å². The molecule has 2 atom stereocenters. The van der Waals surface area contributed by atoms with Crippen molar-refractivity contribution in [3.05, 3.63) is 52.9 Å². The normalized spacial score (nSPS) is 12.5. The second kappa shape index (κ2) is 14.0. The second-order valence-electron chi connectivity index (χ2n) is 8.04. The molecular formula is C24H32N4O7. The predicted octanol–water partition coefficient (Wildman–Crippen LogP) is 0.486. The molecule has 0 fully saturated rings. The number of benzene rings is 1. The number of aryl methyl sites for hydroxylation is 2. The van der Waals surface area contributed by atoms with Crippen LogP contribution in [0.3, 0.4) is 0 Å². The summed E-state index contributed by atoms with van der Waals surface area (Å²) in [5.41, 5.74) is 1.95. The van der Waals surface area contributed by atoms with Crippen molar-refractivity contribution in [2.75, 3.05) is 34.0 Å². The fourth-order valence-electron chi connectivity index (χ4n) is 3.29. The molecule has 1 aromatic carbocycles. The number of Topliss-reactive ketones (excluding diaryl/α,β-unsaturated/α-hetero) is 1. The quantitative estimate of drug-likeness (QED) is 0.348. The maximum atomic E-state index is 12.7. The van der Waals surface area contributed by atoms with E-state index < -0.39 is 29.8 Å². The van der Waals surface area contributed by atoms with Gasteiger partial charge in [0.05, 0.1) is 25.8 Å². The van der Waals surface area contributed by atoms with Crippen LogP contribution >= 0.6 is 0 Å². The highest BCUT2D eigenvalue weighted by molar-refractivity contribution is 5.97. The van der Waals surface area contributed by atoms with Crippen LogP contribution in [0.4, 0.5) is 0 Å². The summed E-state index contributed by atoms with van der Waals surface area (Å²) in [7, 11) is 2.87. The maximum absolute atomic E-state index is 12.7. The van der Waals surface area contributed by atoms with E-state index in [-0.39, 0.29) is 37.7 Å². The molecule has 2 aromatic rings. The van der Waals surface area contributed by atoms with Gasteiger partial charge in [0.15, 0.2) is 11.5 Å². The van der Waals surface area contributed by atoms with Crippen LogP contribution in [0.5, 0.6) is 0 Å². The molecule has 3 amide bonds. The average molecular weight is 489 g/mol. The lowest BCUT2D eigenvalue weighted by atomic mass is 9.99. The predicted molar refractivity (Wildman–Crippen MR) is 126 cm³/mol. The summed E-state index contributed by atoms with van der Waals surface area (Å²) in [4.78, 5) is 50.1. The van der Waals surface area contributed by atoms with Crippen LogP contribution in [0.25, 0.3) is 0 Å². The summed E-state index contributed by atoms with van der Waals surface area (Å²) in [6.45, 7) is 3.30. The zero-order valence-corrected chi connectivity index (χ0v) is 20.4. The summed E-state index contributed by atoms with van der Waals surface area (Å²) in [5.74, 6) is -1.53. The van der Waals surface area contributed by atoms with E-state index in [9.17, 15) is 19.2 Å². The molecule has 2 rings (SSSR count). The highest BCUT2D eigenvalue weighted by Crippen LogP contribution is 2.09. The van der Waals surface area contributed by atoms with Crippen LogP contribution in [-0.4, -0.2) is 74.7 Å². The highest BCUT2D eigenvalue weighted by Gasteiger charge is 2.25. The largest absolute Gasteiger partial charge is 0.384 e. The Morgan fingerprint density at radius 3 is 2.43 bits per heavy atom. The Hall–Kier alpha value is -3.57. The minimum atomic E-state index is -1.07. The Balaban J connectivity index is 1.97. The third-order valence-electron chi connectivity index (χ3n) is 5.04. The third-order valence-corrected chi connectivity index (χ3v) is 5.04. The maximum Gasteiger partial charge on any atom is 0.274 e. The summed E-state index contributed by atoms with van der Waals surface area (Å²) in [6.07, 6.45) is 0.451. The van der Waals surface area contributed by atoms with Gasteiger partial charge in [0.1, 0.15) is 11.8 Å².